The quantitative estimate of drug-likeness (QED) is 0.408. The Balaban J connectivity index is 3.17. The van der Waals surface area contributed by atoms with E-state index < -0.39 is 36.3 Å². The average molecular weight is 357 g/mol. The first-order valence-corrected chi connectivity index (χ1v) is 7.73. The lowest BCUT2D eigenvalue weighted by Crippen LogP contribution is -2.55. The normalized spacial score (nSPS) is 10.6. The molecule has 10 nitrogen and oxygen atoms in total. The summed E-state index contributed by atoms with van der Waals surface area (Å²) in [6.45, 7) is 3.08. The summed E-state index contributed by atoms with van der Waals surface area (Å²) in [4.78, 5) is 48.4. The van der Waals surface area contributed by atoms with Crippen molar-refractivity contribution in [1.29, 1.82) is 0 Å². The number of aliphatic hydroxyl groups is 2. The van der Waals surface area contributed by atoms with Crippen LogP contribution in [0, 0.1) is 0 Å². The lowest BCUT2D eigenvalue weighted by Gasteiger charge is -2.13. The molecule has 0 saturated carbocycles. The number of esters is 1. The van der Waals surface area contributed by atoms with Gasteiger partial charge in [-0.25, -0.2) is 32.9 Å². The second kappa shape index (κ2) is 9.14. The van der Waals surface area contributed by atoms with Crippen LogP contribution < -0.4 is 17.1 Å². The zero-order valence-electron chi connectivity index (χ0n) is 14.5. The molecule has 0 aliphatic rings. The van der Waals surface area contributed by atoms with E-state index in [1.807, 2.05) is 0 Å². The number of aliphatic hydroxyl groups excluding tert-OH is 2. The van der Waals surface area contributed by atoms with E-state index in [-0.39, 0.29) is 26.2 Å². The van der Waals surface area contributed by atoms with Gasteiger partial charge >= 0.3 is 23.0 Å². The Bertz CT molecular complexity index is 781. The molecule has 0 unspecified atom stereocenters. The van der Waals surface area contributed by atoms with E-state index in [0.717, 1.165) is 10.1 Å². The molecule has 0 bridgehead atoms. The van der Waals surface area contributed by atoms with Crippen LogP contribution >= 0.6 is 0 Å². The maximum atomic E-state index is 12.3. The monoisotopic (exact) mass is 357 g/mol. The van der Waals surface area contributed by atoms with Crippen LogP contribution in [0.4, 0.5) is 0 Å². The first-order valence-electron chi connectivity index (χ1n) is 7.73. The minimum atomic E-state index is -0.910. The van der Waals surface area contributed by atoms with E-state index >= 15 is 0 Å². The fourth-order valence-corrected chi connectivity index (χ4v) is 2.00. The zero-order chi connectivity index (χ0) is 19.1. The summed E-state index contributed by atoms with van der Waals surface area (Å²) in [7, 11) is 0. The Morgan fingerprint density at radius 2 is 1.24 bits per heavy atom. The molecule has 10 heteroatoms. The largest absolute Gasteiger partial charge is 0.460 e. The molecule has 0 fully saturated rings. The van der Waals surface area contributed by atoms with Gasteiger partial charge in [-0.2, -0.15) is 0 Å². The molecule has 0 aliphatic carbocycles. The number of nitrogens with zero attached hydrogens (tertiary/aromatic N) is 3. The minimum Gasteiger partial charge on any atom is -0.460 e. The highest BCUT2D eigenvalue weighted by molar-refractivity contribution is 5.88. The van der Waals surface area contributed by atoms with E-state index in [4.69, 9.17) is 14.9 Å². The van der Waals surface area contributed by atoms with Gasteiger partial charge in [-0.15, -0.1) is 0 Å². The molecular formula is C15H23N3O7. The third-order valence-corrected chi connectivity index (χ3v) is 3.64. The predicted octanol–water partition coefficient (Wildman–Crippen LogP) is -1.94. The van der Waals surface area contributed by atoms with Crippen LogP contribution in [0.2, 0.25) is 0 Å². The van der Waals surface area contributed by atoms with Crippen LogP contribution in [-0.4, -0.2) is 49.7 Å². The highest BCUT2D eigenvalue weighted by atomic mass is 16.5. The Morgan fingerprint density at radius 3 is 1.60 bits per heavy atom. The van der Waals surface area contributed by atoms with Crippen molar-refractivity contribution in [2.45, 2.75) is 40.4 Å². The number of ether oxygens (including phenoxy) is 1. The summed E-state index contributed by atoms with van der Waals surface area (Å²) >= 11 is 0. The molecule has 0 spiro atoms. The number of hydrogen-bond donors (Lipinski definition) is 2. The van der Waals surface area contributed by atoms with Crippen molar-refractivity contribution in [3.63, 3.8) is 0 Å². The fourth-order valence-electron chi connectivity index (χ4n) is 2.00. The summed E-state index contributed by atoms with van der Waals surface area (Å²) in [5.41, 5.74) is -1.52. The third kappa shape index (κ3) is 4.77. The molecular weight excluding hydrogens is 334 g/mol. The summed E-state index contributed by atoms with van der Waals surface area (Å²) in [6.07, 6.45) is 0. The minimum absolute atomic E-state index is 0.241. The van der Waals surface area contributed by atoms with Gasteiger partial charge in [0.05, 0.1) is 32.8 Å². The maximum Gasteiger partial charge on any atom is 0.336 e. The smallest absolute Gasteiger partial charge is 0.336 e. The molecule has 1 heterocycles. The van der Waals surface area contributed by atoms with E-state index in [2.05, 4.69) is 0 Å². The first kappa shape index (κ1) is 20.6. The van der Waals surface area contributed by atoms with Gasteiger partial charge in [0.1, 0.15) is 6.61 Å². The number of hydrogen-bond acceptors (Lipinski definition) is 7. The van der Waals surface area contributed by atoms with Crippen LogP contribution in [0.15, 0.2) is 25.5 Å². The number of rotatable bonds is 8. The highest BCUT2D eigenvalue weighted by Gasteiger charge is 2.15. The second-order valence-corrected chi connectivity index (χ2v) is 5.51. The lowest BCUT2D eigenvalue weighted by molar-refractivity contribution is -0.139. The third-order valence-electron chi connectivity index (χ3n) is 3.64. The maximum absolute atomic E-state index is 12.3. The van der Waals surface area contributed by atoms with Crippen LogP contribution in [0.1, 0.15) is 20.8 Å². The first-order chi connectivity index (χ1) is 11.8. The van der Waals surface area contributed by atoms with E-state index in [1.54, 1.807) is 20.8 Å². The molecule has 140 valence electrons. The number of carbonyl (C=O) groups is 1. The van der Waals surface area contributed by atoms with Gasteiger partial charge in [-0.3, -0.25) is 0 Å². The Morgan fingerprint density at radius 1 is 0.840 bits per heavy atom. The Kier molecular flexibility index (Phi) is 7.52. The lowest BCUT2D eigenvalue weighted by atomic mass is 10.2. The van der Waals surface area contributed by atoms with Gasteiger partial charge in [-0.1, -0.05) is 5.57 Å². The van der Waals surface area contributed by atoms with Crippen LogP contribution in [0.25, 0.3) is 0 Å². The molecule has 0 amide bonds. The van der Waals surface area contributed by atoms with Crippen molar-refractivity contribution in [1.82, 2.24) is 13.7 Å². The van der Waals surface area contributed by atoms with E-state index in [1.165, 1.54) is 0 Å². The standard InChI is InChI=1S/C15H23N3O7/c1-10(2)11(3)12(21)25-9-6-18-14(23)16(4-7-19)13(22)17(5-8-20)15(18)24/h19-20H,4-9H2,1-3H3. The Hall–Kier alpha value is -2.46. The van der Waals surface area contributed by atoms with Gasteiger partial charge in [-0.05, 0) is 20.8 Å². The van der Waals surface area contributed by atoms with Crippen LogP contribution in [0.3, 0.4) is 0 Å². The fraction of sp³-hybridized carbons (Fsp3) is 0.600. The Labute approximate surface area is 143 Å². The predicted molar refractivity (Wildman–Crippen MR) is 88.4 cm³/mol. The number of allylic oxidation sites excluding steroid dienone is 1. The molecule has 1 aromatic heterocycles. The molecule has 0 aromatic carbocycles. The highest BCUT2D eigenvalue weighted by Crippen LogP contribution is 2.03. The van der Waals surface area contributed by atoms with Crippen molar-refractivity contribution in [2.75, 3.05) is 19.8 Å². The molecule has 2 N–H and O–H groups in total. The second-order valence-electron chi connectivity index (χ2n) is 5.51. The van der Waals surface area contributed by atoms with Crippen LogP contribution in [-0.2, 0) is 29.2 Å². The van der Waals surface area contributed by atoms with Crippen molar-refractivity contribution in [3.05, 3.63) is 42.6 Å². The summed E-state index contributed by atoms with van der Waals surface area (Å²) in [5, 5.41) is 18.0. The molecule has 0 radical (unpaired) electrons. The SMILES string of the molecule is CC(C)=C(C)C(=O)OCCn1c(=O)n(CCO)c(=O)n(CCO)c1=O. The number of aromatic nitrogens is 3. The van der Waals surface area contributed by atoms with Gasteiger partial charge < -0.3 is 14.9 Å². The molecule has 25 heavy (non-hydrogen) atoms. The number of carbonyl (C=O) groups excluding carboxylic acids is 1. The van der Waals surface area contributed by atoms with Gasteiger partial charge in [0.2, 0.25) is 0 Å². The topological polar surface area (TPSA) is 133 Å². The van der Waals surface area contributed by atoms with Crippen molar-refractivity contribution in [2.24, 2.45) is 0 Å². The molecule has 0 saturated heterocycles. The summed E-state index contributed by atoms with van der Waals surface area (Å²) in [5.74, 6) is -0.563. The van der Waals surface area contributed by atoms with Crippen molar-refractivity contribution >= 4 is 5.97 Å². The molecule has 1 aromatic rings. The van der Waals surface area contributed by atoms with Gasteiger partial charge in [0.25, 0.3) is 0 Å². The van der Waals surface area contributed by atoms with Crippen molar-refractivity contribution in [3.8, 4) is 0 Å². The average Bonchev–Trinajstić information content (AvgIpc) is 2.57. The van der Waals surface area contributed by atoms with Crippen molar-refractivity contribution < 1.29 is 19.7 Å². The molecule has 0 atom stereocenters. The molecule has 0 aliphatic heterocycles. The summed E-state index contributed by atoms with van der Waals surface area (Å²) < 4.78 is 7.14. The van der Waals surface area contributed by atoms with Crippen LogP contribution in [0.5, 0.6) is 0 Å². The van der Waals surface area contributed by atoms with E-state index in [0.29, 0.717) is 14.7 Å². The van der Waals surface area contributed by atoms with E-state index in [9.17, 15) is 19.2 Å². The van der Waals surface area contributed by atoms with Gasteiger partial charge in [0.15, 0.2) is 0 Å². The summed E-state index contributed by atoms with van der Waals surface area (Å²) in [6, 6.07) is 0. The molecule has 1 rings (SSSR count). The van der Waals surface area contributed by atoms with Gasteiger partial charge in [0, 0.05) is 5.57 Å². The zero-order valence-corrected chi connectivity index (χ0v) is 14.5.